The lowest BCUT2D eigenvalue weighted by Crippen LogP contribution is -2.31. The van der Waals surface area contributed by atoms with Gasteiger partial charge < -0.3 is 14.4 Å². The topological polar surface area (TPSA) is 37.6 Å². The first-order valence-corrected chi connectivity index (χ1v) is 8.84. The molecule has 1 N–H and O–H groups in total. The fourth-order valence-electron chi connectivity index (χ4n) is 3.17. The molecule has 0 spiro atoms. The van der Waals surface area contributed by atoms with Crippen molar-refractivity contribution in [1.29, 1.82) is 0 Å². The first-order chi connectivity index (χ1) is 12.7. The molecule has 2 aromatic carbocycles. The van der Waals surface area contributed by atoms with Crippen molar-refractivity contribution in [3.8, 4) is 5.75 Å². The third-order valence-electron chi connectivity index (χ3n) is 4.33. The second-order valence-corrected chi connectivity index (χ2v) is 6.56. The van der Waals surface area contributed by atoms with E-state index in [1.54, 1.807) is 0 Å². The van der Waals surface area contributed by atoms with Gasteiger partial charge in [-0.3, -0.25) is 4.90 Å². The van der Waals surface area contributed by atoms with Gasteiger partial charge in [-0.15, -0.1) is 0 Å². The lowest BCUT2D eigenvalue weighted by atomic mass is 10.2. The molecule has 138 valence electrons. The summed E-state index contributed by atoms with van der Waals surface area (Å²) >= 11 is 0. The Morgan fingerprint density at radius 1 is 1.12 bits per heavy atom. The van der Waals surface area contributed by atoms with Crippen LogP contribution in [0.4, 0.5) is 4.39 Å². The smallest absolute Gasteiger partial charge is 0.123 e. The Hall–Kier alpha value is -2.37. The van der Waals surface area contributed by atoms with Gasteiger partial charge in [-0.2, -0.15) is 0 Å². The maximum Gasteiger partial charge on any atom is 0.123 e. The monoisotopic (exact) mass is 356 g/mol. The summed E-state index contributed by atoms with van der Waals surface area (Å²) in [6, 6.07) is 17.9. The normalized spacial score (nSPS) is 12.6. The zero-order valence-electron chi connectivity index (χ0n) is 15.0. The van der Waals surface area contributed by atoms with Crippen LogP contribution in [-0.2, 0) is 13.1 Å². The molecule has 0 aliphatic carbocycles. The molecule has 3 rings (SSSR count). The number of rotatable bonds is 9. The summed E-state index contributed by atoms with van der Waals surface area (Å²) in [4.78, 5) is 2.09. The fraction of sp³-hybridized carbons (Fsp3) is 0.333. The predicted molar refractivity (Wildman–Crippen MR) is 102 cm³/mol. The predicted octanol–water partition coefficient (Wildman–Crippen LogP) is 3.48. The highest BCUT2D eigenvalue weighted by Crippen LogP contribution is 2.16. The van der Waals surface area contributed by atoms with E-state index < -0.39 is 12.8 Å². The number of aliphatic hydroxyl groups excluding tert-OH is 1. The molecule has 0 fully saturated rings. The van der Waals surface area contributed by atoms with Crippen LogP contribution < -0.4 is 4.74 Å². The largest absolute Gasteiger partial charge is 0.491 e. The number of alkyl halides is 1. The lowest BCUT2D eigenvalue weighted by Gasteiger charge is -2.21. The van der Waals surface area contributed by atoms with Crippen molar-refractivity contribution >= 4 is 10.9 Å². The van der Waals surface area contributed by atoms with E-state index in [9.17, 15) is 9.50 Å². The van der Waals surface area contributed by atoms with Crippen LogP contribution in [0.5, 0.6) is 5.75 Å². The van der Waals surface area contributed by atoms with E-state index in [1.807, 2.05) is 49.6 Å². The van der Waals surface area contributed by atoms with Crippen molar-refractivity contribution in [2.45, 2.75) is 19.2 Å². The molecule has 4 nitrogen and oxygen atoms in total. The van der Waals surface area contributed by atoms with E-state index in [0.717, 1.165) is 17.6 Å². The maximum absolute atomic E-state index is 12.1. The number of hydrogen-bond donors (Lipinski definition) is 1. The van der Waals surface area contributed by atoms with Crippen molar-refractivity contribution in [1.82, 2.24) is 9.47 Å². The van der Waals surface area contributed by atoms with Gasteiger partial charge in [-0.1, -0.05) is 30.3 Å². The van der Waals surface area contributed by atoms with Crippen LogP contribution in [0, 0.1) is 0 Å². The molecule has 0 radical (unpaired) electrons. The van der Waals surface area contributed by atoms with Crippen LogP contribution in [-0.4, -0.2) is 47.6 Å². The van der Waals surface area contributed by atoms with E-state index in [-0.39, 0.29) is 6.61 Å². The summed E-state index contributed by atoms with van der Waals surface area (Å²) < 4.78 is 19.4. The number of likely N-dealkylation sites (N-methyl/N-ethyl adjacent to an activating group) is 1. The van der Waals surface area contributed by atoms with Crippen molar-refractivity contribution < 1.29 is 14.2 Å². The summed E-state index contributed by atoms with van der Waals surface area (Å²) in [5.41, 5.74) is 2.26. The van der Waals surface area contributed by atoms with Gasteiger partial charge in [0.05, 0.1) is 6.10 Å². The van der Waals surface area contributed by atoms with Gasteiger partial charge in [0, 0.05) is 31.3 Å². The number of fused-ring (bicyclic) bond motifs is 1. The number of halogens is 1. The highest BCUT2D eigenvalue weighted by Gasteiger charge is 2.11. The molecule has 0 aliphatic rings. The first kappa shape index (κ1) is 18.4. The molecule has 0 bridgehead atoms. The zero-order valence-corrected chi connectivity index (χ0v) is 15.0. The summed E-state index contributed by atoms with van der Waals surface area (Å²) in [5.74, 6) is 0.675. The molecule has 0 amide bonds. The average molecular weight is 356 g/mol. The highest BCUT2D eigenvalue weighted by atomic mass is 19.1. The summed E-state index contributed by atoms with van der Waals surface area (Å²) in [5, 5.41) is 11.6. The first-order valence-electron chi connectivity index (χ1n) is 8.84. The maximum atomic E-state index is 12.1. The van der Waals surface area contributed by atoms with Gasteiger partial charge in [0.1, 0.15) is 19.0 Å². The van der Waals surface area contributed by atoms with Crippen LogP contribution in [0.1, 0.15) is 5.56 Å². The van der Waals surface area contributed by atoms with Crippen LogP contribution >= 0.6 is 0 Å². The molecule has 1 heterocycles. The van der Waals surface area contributed by atoms with E-state index in [1.165, 1.54) is 5.39 Å². The summed E-state index contributed by atoms with van der Waals surface area (Å²) in [7, 11) is 1.99. The molecule has 26 heavy (non-hydrogen) atoms. The number of nitrogens with zero attached hydrogens (tertiary/aromatic N) is 2. The SMILES string of the molecule is CN(Cc1ccc(OCCF)cc1)C[C@H](O)Cn1ccc2ccccc21. The minimum absolute atomic E-state index is 0.0829. The second-order valence-electron chi connectivity index (χ2n) is 6.56. The third-order valence-corrected chi connectivity index (χ3v) is 4.33. The molecule has 1 atom stereocenters. The molecule has 3 aromatic rings. The molecular formula is C21H25FN2O2. The number of para-hydroxylation sites is 1. The minimum atomic E-state index is -0.487. The molecule has 0 unspecified atom stereocenters. The van der Waals surface area contributed by atoms with E-state index in [4.69, 9.17) is 4.74 Å². The Labute approximate surface area is 153 Å². The van der Waals surface area contributed by atoms with Gasteiger partial charge >= 0.3 is 0 Å². The average Bonchev–Trinajstić information content (AvgIpc) is 3.04. The molecular weight excluding hydrogens is 331 g/mol. The van der Waals surface area contributed by atoms with Gasteiger partial charge in [0.2, 0.25) is 0 Å². The summed E-state index contributed by atoms with van der Waals surface area (Å²) in [6.45, 7) is 1.46. The van der Waals surface area contributed by atoms with Crippen molar-refractivity contribution in [3.63, 3.8) is 0 Å². The Morgan fingerprint density at radius 3 is 2.65 bits per heavy atom. The van der Waals surface area contributed by atoms with E-state index in [0.29, 0.717) is 18.8 Å². The number of aromatic nitrogens is 1. The zero-order chi connectivity index (χ0) is 18.4. The minimum Gasteiger partial charge on any atom is -0.491 e. The quantitative estimate of drug-likeness (QED) is 0.638. The molecule has 0 saturated carbocycles. The van der Waals surface area contributed by atoms with Gasteiger partial charge in [0.25, 0.3) is 0 Å². The standard InChI is InChI=1S/C21H25FN2O2/c1-23(14-17-6-8-20(9-7-17)26-13-11-22)15-19(25)16-24-12-10-18-4-2-3-5-21(18)24/h2-10,12,19,25H,11,13-16H2,1H3/t19-/m0/s1. The van der Waals surface area contributed by atoms with Crippen molar-refractivity contribution in [2.24, 2.45) is 0 Å². The third kappa shape index (κ3) is 4.84. The number of benzene rings is 2. The second kappa shape index (κ2) is 8.83. The van der Waals surface area contributed by atoms with E-state index in [2.05, 4.69) is 27.7 Å². The number of aliphatic hydroxyl groups is 1. The Bertz CT molecular complexity index is 816. The summed E-state index contributed by atoms with van der Waals surface area (Å²) in [6.07, 6.45) is 1.56. The molecule has 0 saturated heterocycles. The van der Waals surface area contributed by atoms with Crippen LogP contribution in [0.15, 0.2) is 60.8 Å². The Kier molecular flexibility index (Phi) is 6.26. The van der Waals surface area contributed by atoms with Crippen molar-refractivity contribution in [3.05, 3.63) is 66.4 Å². The Morgan fingerprint density at radius 2 is 1.88 bits per heavy atom. The molecule has 0 aliphatic heterocycles. The van der Waals surface area contributed by atoms with Crippen LogP contribution in [0.3, 0.4) is 0 Å². The van der Waals surface area contributed by atoms with E-state index >= 15 is 0 Å². The highest BCUT2D eigenvalue weighted by molar-refractivity contribution is 5.79. The number of ether oxygens (including phenoxy) is 1. The van der Waals surface area contributed by atoms with Crippen LogP contribution in [0.25, 0.3) is 10.9 Å². The van der Waals surface area contributed by atoms with Gasteiger partial charge in [0.15, 0.2) is 0 Å². The molecule has 5 heteroatoms. The lowest BCUT2D eigenvalue weighted by molar-refractivity contribution is 0.108. The van der Waals surface area contributed by atoms with Gasteiger partial charge in [-0.05, 0) is 42.3 Å². The Balaban J connectivity index is 1.51. The molecule has 1 aromatic heterocycles. The van der Waals surface area contributed by atoms with Gasteiger partial charge in [-0.25, -0.2) is 4.39 Å². The number of hydrogen-bond acceptors (Lipinski definition) is 3. The van der Waals surface area contributed by atoms with Crippen LogP contribution in [0.2, 0.25) is 0 Å². The van der Waals surface area contributed by atoms with Crippen molar-refractivity contribution in [2.75, 3.05) is 26.9 Å². The fourth-order valence-corrected chi connectivity index (χ4v) is 3.17.